The van der Waals surface area contributed by atoms with Crippen molar-refractivity contribution in [1.82, 2.24) is 14.9 Å². The Labute approximate surface area is 213 Å². The molecule has 9 heteroatoms. The maximum absolute atomic E-state index is 13.3. The van der Waals surface area contributed by atoms with Gasteiger partial charge in [-0.2, -0.15) is 0 Å². The lowest BCUT2D eigenvalue weighted by Gasteiger charge is -2.11. The molecule has 3 N–H and O–H groups in total. The fraction of sp³-hybridized carbons (Fsp3) is 0.107. The molecule has 0 saturated carbocycles. The first kappa shape index (κ1) is 24.0. The molecular formula is C28H26FN6O2+. The van der Waals surface area contributed by atoms with Gasteiger partial charge in [0.15, 0.2) is 5.75 Å². The van der Waals surface area contributed by atoms with Crippen LogP contribution in [0.1, 0.15) is 0 Å². The van der Waals surface area contributed by atoms with E-state index in [2.05, 4.69) is 30.1 Å². The van der Waals surface area contributed by atoms with Gasteiger partial charge in [0.05, 0.1) is 5.56 Å². The van der Waals surface area contributed by atoms with Gasteiger partial charge < -0.3 is 15.4 Å². The molecule has 5 rings (SSSR count). The predicted molar refractivity (Wildman–Crippen MR) is 141 cm³/mol. The maximum Gasteiger partial charge on any atom is 0.323 e. The number of fused-ring (bicyclic) bond motifs is 1. The van der Waals surface area contributed by atoms with Crippen LogP contribution in [0.15, 0.2) is 91.1 Å². The van der Waals surface area contributed by atoms with Crippen LogP contribution in [-0.4, -0.2) is 35.0 Å². The number of imidazole rings is 1. The Morgan fingerprint density at radius 1 is 0.973 bits per heavy atom. The lowest BCUT2D eigenvalue weighted by Crippen LogP contribution is -2.42. The highest BCUT2D eigenvalue weighted by molar-refractivity contribution is 5.99. The number of nitrogens with one attached hydrogen (secondary N) is 3. The van der Waals surface area contributed by atoms with Crippen LogP contribution < -0.4 is 19.9 Å². The summed E-state index contributed by atoms with van der Waals surface area (Å²) in [7, 11) is 4.02. The second kappa shape index (κ2) is 10.5. The van der Waals surface area contributed by atoms with Crippen LogP contribution >= 0.6 is 0 Å². The van der Waals surface area contributed by atoms with Gasteiger partial charge in [-0.05, 0) is 68.7 Å². The number of ether oxygens (including phenoxy) is 1. The number of H-pyrrole nitrogens is 1. The minimum absolute atomic E-state index is 0.367. The van der Waals surface area contributed by atoms with Gasteiger partial charge in [-0.15, -0.1) is 0 Å². The first-order valence-electron chi connectivity index (χ1n) is 11.7. The molecule has 2 amide bonds. The molecule has 0 fully saturated rings. The summed E-state index contributed by atoms with van der Waals surface area (Å²) in [6.45, 7) is 0.621. The minimum Gasteiger partial charge on any atom is -0.453 e. The van der Waals surface area contributed by atoms with Crippen molar-refractivity contribution in [3.63, 3.8) is 0 Å². The fourth-order valence-electron chi connectivity index (χ4n) is 4.00. The molecule has 0 spiro atoms. The molecule has 0 aliphatic heterocycles. The molecule has 3 aromatic carbocycles. The zero-order valence-electron chi connectivity index (χ0n) is 20.4. The van der Waals surface area contributed by atoms with E-state index in [1.54, 1.807) is 36.5 Å². The number of hydrogen-bond donors (Lipinski definition) is 3. The average molecular weight is 498 g/mol. The number of carbonyl (C=O) groups is 1. The van der Waals surface area contributed by atoms with Gasteiger partial charge >= 0.3 is 6.03 Å². The van der Waals surface area contributed by atoms with E-state index in [4.69, 9.17) is 4.74 Å². The SMILES string of the molecule is CN(C)C[n+]1c(-c2ccccc2)[nH]c2nccc(Oc3ccc(NC(=O)Nc4cccc(F)c4)cc3)c21. The normalized spacial score (nSPS) is 11.0. The summed E-state index contributed by atoms with van der Waals surface area (Å²) in [5, 5.41) is 5.33. The highest BCUT2D eigenvalue weighted by Gasteiger charge is 2.25. The Morgan fingerprint density at radius 2 is 1.73 bits per heavy atom. The van der Waals surface area contributed by atoms with Crippen LogP contribution in [0, 0.1) is 5.82 Å². The molecule has 186 valence electrons. The monoisotopic (exact) mass is 497 g/mol. The number of hydrogen-bond acceptors (Lipinski definition) is 4. The molecule has 0 saturated heterocycles. The van der Waals surface area contributed by atoms with E-state index in [9.17, 15) is 9.18 Å². The van der Waals surface area contributed by atoms with E-state index in [0.717, 1.165) is 16.9 Å². The van der Waals surface area contributed by atoms with Gasteiger partial charge in [-0.3, -0.25) is 4.90 Å². The van der Waals surface area contributed by atoms with Crippen molar-refractivity contribution < 1.29 is 18.5 Å². The summed E-state index contributed by atoms with van der Waals surface area (Å²) in [5.41, 5.74) is 3.53. The summed E-state index contributed by atoms with van der Waals surface area (Å²) >= 11 is 0. The van der Waals surface area contributed by atoms with Crippen LogP contribution in [0.3, 0.4) is 0 Å². The topological polar surface area (TPSA) is 86.2 Å². The van der Waals surface area contributed by atoms with Crippen molar-refractivity contribution in [2.75, 3.05) is 24.7 Å². The van der Waals surface area contributed by atoms with Gasteiger partial charge in [0.1, 0.15) is 18.2 Å². The number of amides is 2. The standard InChI is InChI=1S/C28H25FN6O2/c1-34(2)18-35-25-24(15-16-30-26(25)33-27(35)19-7-4-3-5-8-19)37-23-13-11-21(12-14-23)31-28(36)32-22-10-6-9-20(29)17-22/h3-17H,18H2,1-2H3,(H2,31,32,36)/p+1. The zero-order valence-corrected chi connectivity index (χ0v) is 20.4. The molecule has 2 heterocycles. The number of pyridine rings is 1. The molecular weight excluding hydrogens is 471 g/mol. The van der Waals surface area contributed by atoms with Crippen molar-refractivity contribution in [3.8, 4) is 22.9 Å². The smallest absolute Gasteiger partial charge is 0.323 e. The van der Waals surface area contributed by atoms with Crippen LogP contribution in [0.2, 0.25) is 0 Å². The fourth-order valence-corrected chi connectivity index (χ4v) is 4.00. The average Bonchev–Trinajstić information content (AvgIpc) is 3.24. The number of carbonyl (C=O) groups excluding carboxylic acids is 1. The first-order chi connectivity index (χ1) is 18.0. The quantitative estimate of drug-likeness (QED) is 0.255. The highest BCUT2D eigenvalue weighted by Crippen LogP contribution is 2.29. The molecule has 0 aliphatic carbocycles. The van der Waals surface area contributed by atoms with Crippen LogP contribution in [0.4, 0.5) is 20.6 Å². The molecule has 0 aliphatic rings. The van der Waals surface area contributed by atoms with E-state index < -0.39 is 11.8 Å². The van der Waals surface area contributed by atoms with E-state index in [1.807, 2.05) is 50.5 Å². The van der Waals surface area contributed by atoms with Gasteiger partial charge in [-0.25, -0.2) is 23.7 Å². The van der Waals surface area contributed by atoms with E-state index >= 15 is 0 Å². The number of halogens is 1. The number of aromatic amines is 1. The zero-order chi connectivity index (χ0) is 25.8. The number of urea groups is 1. The Morgan fingerprint density at radius 3 is 2.46 bits per heavy atom. The molecule has 0 radical (unpaired) electrons. The van der Waals surface area contributed by atoms with Crippen molar-refractivity contribution in [1.29, 1.82) is 0 Å². The number of rotatable bonds is 7. The third-order valence-corrected chi connectivity index (χ3v) is 5.56. The third kappa shape index (κ3) is 5.57. The van der Waals surface area contributed by atoms with Crippen molar-refractivity contribution in [3.05, 3.63) is 96.9 Å². The molecule has 37 heavy (non-hydrogen) atoms. The summed E-state index contributed by atoms with van der Waals surface area (Å²) < 4.78 is 21.7. The van der Waals surface area contributed by atoms with Crippen LogP contribution in [0.25, 0.3) is 22.6 Å². The highest BCUT2D eigenvalue weighted by atomic mass is 19.1. The Balaban J connectivity index is 1.38. The van der Waals surface area contributed by atoms with E-state index in [1.165, 1.54) is 18.2 Å². The summed E-state index contributed by atoms with van der Waals surface area (Å²) in [4.78, 5) is 22.3. The molecule has 0 unspecified atom stereocenters. The second-order valence-corrected chi connectivity index (χ2v) is 8.71. The Bertz CT molecular complexity index is 1530. The molecule has 5 aromatic rings. The van der Waals surface area contributed by atoms with Crippen molar-refractivity contribution in [2.45, 2.75) is 6.67 Å². The lowest BCUT2D eigenvalue weighted by atomic mass is 10.2. The number of benzene rings is 3. The van der Waals surface area contributed by atoms with E-state index in [-0.39, 0.29) is 0 Å². The molecule has 0 bridgehead atoms. The number of anilines is 2. The van der Waals surface area contributed by atoms with Crippen LogP contribution in [0.5, 0.6) is 11.5 Å². The van der Waals surface area contributed by atoms with Crippen molar-refractivity contribution in [2.24, 2.45) is 0 Å². The van der Waals surface area contributed by atoms with Crippen molar-refractivity contribution >= 4 is 28.6 Å². The van der Waals surface area contributed by atoms with Gasteiger partial charge in [0.2, 0.25) is 5.52 Å². The third-order valence-electron chi connectivity index (χ3n) is 5.56. The lowest BCUT2D eigenvalue weighted by molar-refractivity contribution is -0.678. The van der Waals surface area contributed by atoms with E-state index in [0.29, 0.717) is 35.2 Å². The summed E-state index contributed by atoms with van der Waals surface area (Å²) in [6, 6.07) is 24.2. The second-order valence-electron chi connectivity index (χ2n) is 8.71. The van der Waals surface area contributed by atoms with Crippen LogP contribution in [-0.2, 0) is 6.67 Å². The van der Waals surface area contributed by atoms with Gasteiger partial charge in [-0.1, -0.05) is 24.3 Å². The van der Waals surface area contributed by atoms with Gasteiger partial charge in [0, 0.05) is 23.6 Å². The molecule has 0 atom stereocenters. The Hall–Kier alpha value is -4.76. The molecule has 2 aromatic heterocycles. The van der Waals surface area contributed by atoms with Gasteiger partial charge in [0.25, 0.3) is 11.5 Å². The minimum atomic E-state index is -0.472. The number of nitrogens with zero attached hydrogens (tertiary/aromatic N) is 3. The number of aromatic nitrogens is 3. The first-order valence-corrected chi connectivity index (χ1v) is 11.7. The Kier molecular flexibility index (Phi) is 6.78. The largest absolute Gasteiger partial charge is 0.453 e. The maximum atomic E-state index is 13.3. The molecule has 8 nitrogen and oxygen atoms in total. The summed E-state index contributed by atoms with van der Waals surface area (Å²) in [6.07, 6.45) is 1.70. The summed E-state index contributed by atoms with van der Waals surface area (Å²) in [5.74, 6) is 1.75. The predicted octanol–water partition coefficient (Wildman–Crippen LogP) is 5.61.